The molecule has 1 aromatic carbocycles. The van der Waals surface area contributed by atoms with Crippen molar-refractivity contribution >= 4 is 9.84 Å². The van der Waals surface area contributed by atoms with E-state index in [2.05, 4.69) is 9.88 Å². The third kappa shape index (κ3) is 3.99. The molecule has 3 rings (SSSR count). The lowest BCUT2D eigenvalue weighted by atomic mass is 9.94. The molecule has 6 nitrogen and oxygen atoms in total. The molecule has 0 spiro atoms. The minimum atomic E-state index is -3.31. The Morgan fingerprint density at radius 1 is 1.31 bits per heavy atom. The number of ether oxygens (including phenoxy) is 1. The molecule has 0 radical (unpaired) electrons. The van der Waals surface area contributed by atoms with Crippen molar-refractivity contribution in [3.63, 3.8) is 0 Å². The SMILES string of the molecule is COc1cccc(CN2CCCC(c3ncccc3S(C)(=O)=O)C2)c1O. The molecule has 1 aliphatic rings. The van der Waals surface area contributed by atoms with E-state index in [1.807, 2.05) is 12.1 Å². The molecule has 1 atom stereocenters. The quantitative estimate of drug-likeness (QED) is 0.864. The lowest BCUT2D eigenvalue weighted by Crippen LogP contribution is -2.34. The van der Waals surface area contributed by atoms with Crippen molar-refractivity contribution in [3.05, 3.63) is 47.8 Å². The number of hydrogen-bond donors (Lipinski definition) is 1. The first-order valence-corrected chi connectivity index (χ1v) is 10.5. The van der Waals surface area contributed by atoms with E-state index in [0.29, 0.717) is 29.4 Å². The van der Waals surface area contributed by atoms with Gasteiger partial charge in [0.15, 0.2) is 21.3 Å². The lowest BCUT2D eigenvalue weighted by molar-refractivity contribution is 0.195. The Morgan fingerprint density at radius 2 is 2.12 bits per heavy atom. The summed E-state index contributed by atoms with van der Waals surface area (Å²) in [5.41, 5.74) is 1.45. The Morgan fingerprint density at radius 3 is 2.85 bits per heavy atom. The average molecular weight is 376 g/mol. The zero-order valence-corrected chi connectivity index (χ0v) is 15.9. The molecule has 140 valence electrons. The highest BCUT2D eigenvalue weighted by atomic mass is 32.2. The minimum absolute atomic E-state index is 0.0578. The topological polar surface area (TPSA) is 79.7 Å². The van der Waals surface area contributed by atoms with Gasteiger partial charge >= 0.3 is 0 Å². The lowest BCUT2D eigenvalue weighted by Gasteiger charge is -2.33. The van der Waals surface area contributed by atoms with Crippen LogP contribution in [0.1, 0.15) is 30.0 Å². The fourth-order valence-electron chi connectivity index (χ4n) is 3.55. The van der Waals surface area contributed by atoms with E-state index in [-0.39, 0.29) is 11.7 Å². The van der Waals surface area contributed by atoms with Gasteiger partial charge < -0.3 is 9.84 Å². The monoisotopic (exact) mass is 376 g/mol. The standard InChI is InChI=1S/C19H24N2O4S/c1-25-16-8-3-6-15(19(16)22)13-21-11-5-7-14(12-21)18-17(26(2,23)24)9-4-10-20-18/h3-4,6,8-10,14,22H,5,7,11-13H2,1-2H3. The summed E-state index contributed by atoms with van der Waals surface area (Å²) in [6.45, 7) is 2.19. The number of pyridine rings is 1. The molecule has 1 N–H and O–H groups in total. The molecule has 7 heteroatoms. The van der Waals surface area contributed by atoms with E-state index in [1.165, 1.54) is 13.4 Å². The van der Waals surface area contributed by atoms with Gasteiger partial charge in [0.25, 0.3) is 0 Å². The fraction of sp³-hybridized carbons (Fsp3) is 0.421. The number of aromatic hydroxyl groups is 1. The van der Waals surface area contributed by atoms with Gasteiger partial charge in [-0.25, -0.2) is 8.42 Å². The zero-order chi connectivity index (χ0) is 18.7. The van der Waals surface area contributed by atoms with Crippen LogP contribution < -0.4 is 4.74 Å². The second-order valence-electron chi connectivity index (χ2n) is 6.70. The maximum absolute atomic E-state index is 12.1. The van der Waals surface area contributed by atoms with Crippen LogP contribution in [-0.2, 0) is 16.4 Å². The number of likely N-dealkylation sites (tertiary alicyclic amines) is 1. The molecular weight excluding hydrogens is 352 g/mol. The number of rotatable bonds is 5. The Labute approximate surface area is 154 Å². The van der Waals surface area contributed by atoms with Crippen LogP contribution in [0, 0.1) is 0 Å². The van der Waals surface area contributed by atoms with Gasteiger partial charge in [-0.2, -0.15) is 0 Å². The van der Waals surface area contributed by atoms with Crippen LogP contribution in [0.25, 0.3) is 0 Å². The number of phenolic OH excluding ortho intramolecular Hbond substituents is 1. The number of phenols is 1. The number of aromatic nitrogens is 1. The van der Waals surface area contributed by atoms with Crippen LogP contribution >= 0.6 is 0 Å². The predicted molar refractivity (Wildman–Crippen MR) is 99.3 cm³/mol. The molecule has 2 heterocycles. The van der Waals surface area contributed by atoms with Gasteiger partial charge in [-0.05, 0) is 37.6 Å². The molecule has 0 saturated carbocycles. The van der Waals surface area contributed by atoms with Gasteiger partial charge in [0.2, 0.25) is 0 Å². The molecular formula is C19H24N2O4S. The van der Waals surface area contributed by atoms with Crippen molar-refractivity contribution in [2.24, 2.45) is 0 Å². The predicted octanol–water partition coefficient (Wildman–Crippen LogP) is 2.58. The normalized spacial score (nSPS) is 18.6. The van der Waals surface area contributed by atoms with E-state index in [1.54, 1.807) is 24.4 Å². The molecule has 2 aromatic rings. The maximum Gasteiger partial charge on any atom is 0.177 e. The number of para-hydroxylation sites is 1. The van der Waals surface area contributed by atoms with Crippen molar-refractivity contribution in [1.82, 2.24) is 9.88 Å². The molecule has 0 amide bonds. The van der Waals surface area contributed by atoms with Crippen molar-refractivity contribution < 1.29 is 18.3 Å². The van der Waals surface area contributed by atoms with E-state index in [4.69, 9.17) is 4.74 Å². The number of benzene rings is 1. The molecule has 1 fully saturated rings. The van der Waals surface area contributed by atoms with Crippen molar-refractivity contribution in [2.75, 3.05) is 26.5 Å². The number of hydrogen-bond acceptors (Lipinski definition) is 6. The van der Waals surface area contributed by atoms with Crippen LogP contribution in [-0.4, -0.2) is 49.9 Å². The Hall–Kier alpha value is -2.12. The Kier molecular flexibility index (Phi) is 5.48. The van der Waals surface area contributed by atoms with Gasteiger partial charge in [-0.15, -0.1) is 0 Å². The first kappa shape index (κ1) is 18.7. The fourth-order valence-corrected chi connectivity index (χ4v) is 4.47. The van der Waals surface area contributed by atoms with Crippen molar-refractivity contribution in [1.29, 1.82) is 0 Å². The van der Waals surface area contributed by atoms with Gasteiger partial charge in [0.05, 0.1) is 17.7 Å². The van der Waals surface area contributed by atoms with Gasteiger partial charge in [-0.3, -0.25) is 9.88 Å². The average Bonchev–Trinajstić information content (AvgIpc) is 2.63. The summed E-state index contributed by atoms with van der Waals surface area (Å²) in [6, 6.07) is 8.75. The summed E-state index contributed by atoms with van der Waals surface area (Å²) in [6.07, 6.45) is 4.73. The number of methoxy groups -OCH3 is 1. The van der Waals surface area contributed by atoms with Crippen molar-refractivity contribution in [3.8, 4) is 11.5 Å². The highest BCUT2D eigenvalue weighted by Crippen LogP contribution is 2.33. The third-order valence-corrected chi connectivity index (χ3v) is 5.93. The maximum atomic E-state index is 12.1. The van der Waals surface area contributed by atoms with Crippen LogP contribution in [0.4, 0.5) is 0 Å². The van der Waals surface area contributed by atoms with E-state index in [0.717, 1.165) is 24.9 Å². The molecule has 1 saturated heterocycles. The Bertz CT molecular complexity index is 883. The first-order valence-electron chi connectivity index (χ1n) is 8.62. The molecule has 1 aromatic heterocycles. The summed E-state index contributed by atoms with van der Waals surface area (Å²) in [5, 5.41) is 10.3. The Balaban J connectivity index is 1.81. The number of nitrogens with zero attached hydrogens (tertiary/aromatic N) is 2. The largest absolute Gasteiger partial charge is 0.504 e. The molecule has 26 heavy (non-hydrogen) atoms. The summed E-state index contributed by atoms with van der Waals surface area (Å²) < 4.78 is 29.3. The minimum Gasteiger partial charge on any atom is -0.504 e. The molecule has 0 aliphatic carbocycles. The summed E-state index contributed by atoms with van der Waals surface area (Å²) in [5.74, 6) is 0.675. The smallest absolute Gasteiger partial charge is 0.177 e. The van der Waals surface area contributed by atoms with Gasteiger partial charge in [-0.1, -0.05) is 12.1 Å². The van der Waals surface area contributed by atoms with Crippen LogP contribution in [0.3, 0.4) is 0 Å². The van der Waals surface area contributed by atoms with Crippen LogP contribution in [0.5, 0.6) is 11.5 Å². The molecule has 1 unspecified atom stereocenters. The highest BCUT2D eigenvalue weighted by molar-refractivity contribution is 7.90. The second kappa shape index (κ2) is 7.63. The zero-order valence-electron chi connectivity index (χ0n) is 15.1. The number of sulfone groups is 1. The highest BCUT2D eigenvalue weighted by Gasteiger charge is 2.27. The van der Waals surface area contributed by atoms with Crippen LogP contribution in [0.2, 0.25) is 0 Å². The van der Waals surface area contributed by atoms with Crippen LogP contribution in [0.15, 0.2) is 41.4 Å². The third-order valence-electron chi connectivity index (χ3n) is 4.79. The number of piperidine rings is 1. The van der Waals surface area contributed by atoms with Crippen molar-refractivity contribution in [2.45, 2.75) is 30.2 Å². The summed E-state index contributed by atoms with van der Waals surface area (Å²) in [4.78, 5) is 6.92. The first-order chi connectivity index (χ1) is 12.4. The molecule has 0 bridgehead atoms. The van der Waals surface area contributed by atoms with Gasteiger partial charge in [0.1, 0.15) is 0 Å². The van der Waals surface area contributed by atoms with E-state index in [9.17, 15) is 13.5 Å². The molecule has 1 aliphatic heterocycles. The second-order valence-corrected chi connectivity index (χ2v) is 8.69. The summed E-state index contributed by atoms with van der Waals surface area (Å²) in [7, 11) is -1.78. The van der Waals surface area contributed by atoms with Gasteiger partial charge in [0, 0.05) is 37.0 Å². The van der Waals surface area contributed by atoms with E-state index >= 15 is 0 Å². The summed E-state index contributed by atoms with van der Waals surface area (Å²) >= 11 is 0. The van der Waals surface area contributed by atoms with E-state index < -0.39 is 9.84 Å².